The number of carbonyl (C=O) groups is 1. The molecule has 0 aliphatic heterocycles. The number of aliphatic hydroxyl groups excluding tert-OH is 1. The van der Waals surface area contributed by atoms with Crippen LogP contribution < -0.4 is 19.5 Å². The SMILES string of the molecule is COc1cc(C[C@@H](C(=O)NC2CCCCC2)[C@H](CO)Cc2ccc(OC)c(OC)c2)ccc1O. The number of aliphatic hydroxyl groups is 1. The largest absolute Gasteiger partial charge is 0.504 e. The van der Waals surface area contributed by atoms with E-state index in [2.05, 4.69) is 5.32 Å². The standard InChI is InChI=1S/C27H37NO6/c1-32-24-12-10-18(16-26(24)34-3)13-20(17-29)22(27(31)28-21-7-5-4-6-8-21)14-19-9-11-23(30)25(15-19)33-2/h9-12,15-16,20-22,29-30H,4-8,13-14,17H2,1-3H3,(H,28,31)/t20-,22+/m0/s1. The van der Waals surface area contributed by atoms with Crippen LogP contribution in [0.15, 0.2) is 36.4 Å². The molecule has 1 aliphatic rings. The number of hydrogen-bond acceptors (Lipinski definition) is 6. The normalized spacial score (nSPS) is 15.9. The number of methoxy groups -OCH3 is 3. The van der Waals surface area contributed by atoms with Crippen LogP contribution in [0, 0.1) is 11.8 Å². The predicted molar refractivity (Wildman–Crippen MR) is 131 cm³/mol. The summed E-state index contributed by atoms with van der Waals surface area (Å²) in [5.41, 5.74) is 1.82. The van der Waals surface area contributed by atoms with Crippen LogP contribution in [-0.2, 0) is 17.6 Å². The van der Waals surface area contributed by atoms with Crippen molar-refractivity contribution in [1.29, 1.82) is 0 Å². The Morgan fingerprint density at radius 3 is 2.18 bits per heavy atom. The second-order valence-electron chi connectivity index (χ2n) is 9.00. The van der Waals surface area contributed by atoms with Crippen molar-refractivity contribution in [3.8, 4) is 23.0 Å². The summed E-state index contributed by atoms with van der Waals surface area (Å²) in [5, 5.41) is 23.6. The fourth-order valence-electron chi connectivity index (χ4n) is 4.78. The van der Waals surface area contributed by atoms with Crippen molar-refractivity contribution in [3.05, 3.63) is 47.5 Å². The summed E-state index contributed by atoms with van der Waals surface area (Å²) in [4.78, 5) is 13.5. The Hall–Kier alpha value is -2.93. The van der Waals surface area contributed by atoms with Crippen molar-refractivity contribution in [1.82, 2.24) is 5.32 Å². The smallest absolute Gasteiger partial charge is 0.224 e. The van der Waals surface area contributed by atoms with E-state index in [0.29, 0.717) is 30.1 Å². The molecule has 1 fully saturated rings. The number of hydrogen-bond donors (Lipinski definition) is 3. The number of benzene rings is 2. The van der Waals surface area contributed by atoms with Gasteiger partial charge in [0.2, 0.25) is 5.91 Å². The van der Waals surface area contributed by atoms with Crippen molar-refractivity contribution in [2.45, 2.75) is 51.0 Å². The van der Waals surface area contributed by atoms with Gasteiger partial charge in [-0.05, 0) is 67.0 Å². The second-order valence-corrected chi connectivity index (χ2v) is 9.00. The average molecular weight is 472 g/mol. The second kappa shape index (κ2) is 12.5. The molecule has 0 saturated heterocycles. The quantitative estimate of drug-likeness (QED) is 0.460. The molecule has 0 bridgehead atoms. The lowest BCUT2D eigenvalue weighted by atomic mass is 9.82. The first-order valence-electron chi connectivity index (χ1n) is 12.0. The van der Waals surface area contributed by atoms with Crippen molar-refractivity contribution in [3.63, 3.8) is 0 Å². The number of aromatic hydroxyl groups is 1. The third-order valence-corrected chi connectivity index (χ3v) is 6.74. The van der Waals surface area contributed by atoms with Crippen LogP contribution in [0.1, 0.15) is 43.2 Å². The van der Waals surface area contributed by atoms with Crippen molar-refractivity contribution < 1.29 is 29.2 Å². The van der Waals surface area contributed by atoms with Gasteiger partial charge in [0.25, 0.3) is 0 Å². The van der Waals surface area contributed by atoms with Gasteiger partial charge in [0, 0.05) is 18.6 Å². The topological polar surface area (TPSA) is 97.3 Å². The van der Waals surface area contributed by atoms with Gasteiger partial charge in [-0.25, -0.2) is 0 Å². The Labute approximate surface area is 202 Å². The van der Waals surface area contributed by atoms with E-state index in [-0.39, 0.29) is 30.2 Å². The molecule has 3 N–H and O–H groups in total. The third kappa shape index (κ3) is 6.56. The van der Waals surface area contributed by atoms with E-state index in [1.807, 2.05) is 18.2 Å². The maximum absolute atomic E-state index is 13.5. The van der Waals surface area contributed by atoms with Crippen LogP contribution in [0.2, 0.25) is 0 Å². The van der Waals surface area contributed by atoms with Crippen molar-refractivity contribution >= 4 is 5.91 Å². The molecule has 186 valence electrons. The fourth-order valence-corrected chi connectivity index (χ4v) is 4.78. The van der Waals surface area contributed by atoms with E-state index >= 15 is 0 Å². The number of amides is 1. The van der Waals surface area contributed by atoms with Gasteiger partial charge in [-0.3, -0.25) is 4.79 Å². The van der Waals surface area contributed by atoms with Gasteiger partial charge in [-0.2, -0.15) is 0 Å². The minimum absolute atomic E-state index is 0.0431. The first-order valence-corrected chi connectivity index (χ1v) is 12.0. The molecular formula is C27H37NO6. The number of nitrogens with one attached hydrogen (secondary N) is 1. The van der Waals surface area contributed by atoms with Gasteiger partial charge >= 0.3 is 0 Å². The van der Waals surface area contributed by atoms with E-state index in [0.717, 1.165) is 36.8 Å². The molecule has 1 amide bonds. The molecule has 0 spiro atoms. The molecule has 1 saturated carbocycles. The monoisotopic (exact) mass is 471 g/mol. The molecule has 0 radical (unpaired) electrons. The van der Waals surface area contributed by atoms with E-state index in [1.165, 1.54) is 13.5 Å². The summed E-state index contributed by atoms with van der Waals surface area (Å²) in [6, 6.07) is 11.0. The predicted octanol–water partition coefficient (Wildman–Crippen LogP) is 3.88. The summed E-state index contributed by atoms with van der Waals surface area (Å²) in [7, 11) is 4.68. The number of carbonyl (C=O) groups excluding carboxylic acids is 1. The lowest BCUT2D eigenvalue weighted by Gasteiger charge is -2.29. The van der Waals surface area contributed by atoms with Crippen LogP contribution in [0.3, 0.4) is 0 Å². The highest BCUT2D eigenvalue weighted by Gasteiger charge is 2.30. The molecule has 7 nitrogen and oxygen atoms in total. The van der Waals surface area contributed by atoms with E-state index in [9.17, 15) is 15.0 Å². The zero-order chi connectivity index (χ0) is 24.5. The van der Waals surface area contributed by atoms with Gasteiger partial charge < -0.3 is 29.7 Å². The number of phenolic OH excluding ortho intramolecular Hbond substituents is 1. The van der Waals surface area contributed by atoms with E-state index in [1.54, 1.807) is 32.4 Å². The minimum atomic E-state index is -0.450. The van der Waals surface area contributed by atoms with Crippen LogP contribution >= 0.6 is 0 Å². The lowest BCUT2D eigenvalue weighted by Crippen LogP contribution is -2.44. The molecule has 7 heteroatoms. The minimum Gasteiger partial charge on any atom is -0.504 e. The Kier molecular flexibility index (Phi) is 9.45. The highest BCUT2D eigenvalue weighted by molar-refractivity contribution is 5.79. The van der Waals surface area contributed by atoms with Gasteiger partial charge in [0.15, 0.2) is 23.0 Å². The molecule has 2 aromatic carbocycles. The summed E-state index contributed by atoms with van der Waals surface area (Å²) in [6.07, 6.45) is 6.37. The van der Waals surface area contributed by atoms with Crippen LogP contribution in [0.25, 0.3) is 0 Å². The maximum Gasteiger partial charge on any atom is 0.224 e. The Bertz CT molecular complexity index is 941. The number of rotatable bonds is 11. The Balaban J connectivity index is 1.85. The molecule has 0 unspecified atom stereocenters. The van der Waals surface area contributed by atoms with Crippen molar-refractivity contribution in [2.75, 3.05) is 27.9 Å². The van der Waals surface area contributed by atoms with Gasteiger partial charge in [0.1, 0.15) is 0 Å². The highest BCUT2D eigenvalue weighted by Crippen LogP contribution is 2.32. The molecule has 3 rings (SSSR count). The molecular weight excluding hydrogens is 434 g/mol. The summed E-state index contributed by atoms with van der Waals surface area (Å²) in [6.45, 7) is -0.133. The van der Waals surface area contributed by atoms with Crippen LogP contribution in [0.5, 0.6) is 23.0 Å². The summed E-state index contributed by atoms with van der Waals surface area (Å²) in [5.74, 6) is 0.870. The lowest BCUT2D eigenvalue weighted by molar-refractivity contribution is -0.128. The van der Waals surface area contributed by atoms with Gasteiger partial charge in [-0.1, -0.05) is 31.4 Å². The molecule has 1 aliphatic carbocycles. The third-order valence-electron chi connectivity index (χ3n) is 6.74. The Morgan fingerprint density at radius 2 is 1.53 bits per heavy atom. The number of phenols is 1. The van der Waals surface area contributed by atoms with Gasteiger partial charge in [0.05, 0.1) is 21.3 Å². The van der Waals surface area contributed by atoms with Gasteiger partial charge in [-0.15, -0.1) is 0 Å². The van der Waals surface area contributed by atoms with E-state index < -0.39 is 5.92 Å². The van der Waals surface area contributed by atoms with Crippen LogP contribution in [0.4, 0.5) is 0 Å². The summed E-state index contributed by atoms with van der Waals surface area (Å²) >= 11 is 0. The Morgan fingerprint density at radius 1 is 0.912 bits per heavy atom. The molecule has 0 heterocycles. The highest BCUT2D eigenvalue weighted by atomic mass is 16.5. The molecule has 0 aromatic heterocycles. The first-order chi connectivity index (χ1) is 16.5. The fraction of sp³-hybridized carbons (Fsp3) is 0.519. The molecule has 2 aromatic rings. The van der Waals surface area contributed by atoms with Crippen molar-refractivity contribution in [2.24, 2.45) is 11.8 Å². The molecule has 2 atom stereocenters. The summed E-state index contributed by atoms with van der Waals surface area (Å²) < 4.78 is 16.0. The average Bonchev–Trinajstić information content (AvgIpc) is 2.87. The van der Waals surface area contributed by atoms with E-state index in [4.69, 9.17) is 14.2 Å². The molecule has 34 heavy (non-hydrogen) atoms. The zero-order valence-corrected chi connectivity index (χ0v) is 20.4. The zero-order valence-electron chi connectivity index (χ0n) is 20.4. The number of ether oxygens (including phenoxy) is 3. The maximum atomic E-state index is 13.5. The first kappa shape index (κ1) is 25.7. The van der Waals surface area contributed by atoms with Crippen LogP contribution in [-0.4, -0.2) is 50.1 Å².